The SMILES string of the molecule is COC(=O)[C@H]1CC[C@H](CNc2cc(F)cc(C#N)c2)CC1. The zero-order valence-electron chi connectivity index (χ0n) is 12.1. The average Bonchev–Trinajstić information content (AvgIpc) is 2.52. The van der Waals surface area contributed by atoms with Gasteiger partial charge in [0.2, 0.25) is 0 Å². The van der Waals surface area contributed by atoms with Crippen molar-refractivity contribution in [2.24, 2.45) is 11.8 Å². The first kappa shape index (κ1) is 15.3. The molecule has 0 heterocycles. The largest absolute Gasteiger partial charge is 0.469 e. The van der Waals surface area contributed by atoms with Crippen LogP contribution < -0.4 is 5.32 Å². The lowest BCUT2D eigenvalue weighted by Gasteiger charge is -2.27. The first-order valence-corrected chi connectivity index (χ1v) is 7.14. The molecule has 1 N–H and O–H groups in total. The van der Waals surface area contributed by atoms with E-state index in [-0.39, 0.29) is 11.9 Å². The molecule has 2 rings (SSSR count). The second kappa shape index (κ2) is 7.07. The van der Waals surface area contributed by atoms with Gasteiger partial charge in [0.25, 0.3) is 0 Å². The van der Waals surface area contributed by atoms with Crippen LogP contribution in [0.2, 0.25) is 0 Å². The molecule has 1 aromatic carbocycles. The number of nitriles is 1. The molecule has 0 atom stereocenters. The molecule has 0 aromatic heterocycles. The fourth-order valence-electron chi connectivity index (χ4n) is 2.79. The van der Waals surface area contributed by atoms with Crippen molar-refractivity contribution < 1.29 is 13.9 Å². The minimum absolute atomic E-state index is 0.0191. The van der Waals surface area contributed by atoms with Crippen LogP contribution in [0.15, 0.2) is 18.2 Å². The third-order valence-corrected chi connectivity index (χ3v) is 4.00. The highest BCUT2D eigenvalue weighted by Crippen LogP contribution is 2.29. The summed E-state index contributed by atoms with van der Waals surface area (Å²) in [4.78, 5) is 11.5. The Morgan fingerprint density at radius 1 is 1.38 bits per heavy atom. The highest BCUT2D eigenvalue weighted by Gasteiger charge is 2.26. The molecule has 1 fully saturated rings. The summed E-state index contributed by atoms with van der Waals surface area (Å²) < 4.78 is 18.1. The molecule has 0 bridgehead atoms. The Bertz CT molecular complexity index is 546. The van der Waals surface area contributed by atoms with Crippen LogP contribution in [0, 0.1) is 29.0 Å². The van der Waals surface area contributed by atoms with Gasteiger partial charge in [0.05, 0.1) is 24.7 Å². The number of ether oxygens (including phenoxy) is 1. The van der Waals surface area contributed by atoms with E-state index in [4.69, 9.17) is 10.00 Å². The fourth-order valence-corrected chi connectivity index (χ4v) is 2.79. The standard InChI is InChI=1S/C16H19FN2O2/c1-21-16(20)13-4-2-11(3-5-13)10-19-15-7-12(9-18)6-14(17)8-15/h6-8,11,13,19H,2-5,10H2,1H3/t11-,13-. The monoisotopic (exact) mass is 290 g/mol. The molecule has 1 aromatic rings. The summed E-state index contributed by atoms with van der Waals surface area (Å²) in [5.74, 6) is -0.0542. The molecule has 5 heteroatoms. The van der Waals surface area contributed by atoms with Crippen molar-refractivity contribution in [1.29, 1.82) is 5.26 Å². The topological polar surface area (TPSA) is 62.1 Å². The normalized spacial score (nSPS) is 21.4. The Morgan fingerprint density at radius 2 is 2.10 bits per heavy atom. The lowest BCUT2D eigenvalue weighted by Crippen LogP contribution is -2.26. The van der Waals surface area contributed by atoms with E-state index >= 15 is 0 Å². The number of rotatable bonds is 4. The predicted molar refractivity (Wildman–Crippen MR) is 77.1 cm³/mol. The van der Waals surface area contributed by atoms with E-state index in [1.54, 1.807) is 6.07 Å². The van der Waals surface area contributed by atoms with Gasteiger partial charge in [0.15, 0.2) is 0 Å². The van der Waals surface area contributed by atoms with Crippen LogP contribution in [0.5, 0.6) is 0 Å². The van der Waals surface area contributed by atoms with Crippen LogP contribution in [0.3, 0.4) is 0 Å². The lowest BCUT2D eigenvalue weighted by molar-refractivity contribution is -0.146. The highest BCUT2D eigenvalue weighted by atomic mass is 19.1. The number of methoxy groups -OCH3 is 1. The van der Waals surface area contributed by atoms with Crippen LogP contribution in [0.1, 0.15) is 31.2 Å². The zero-order chi connectivity index (χ0) is 15.2. The number of hydrogen-bond donors (Lipinski definition) is 1. The number of anilines is 1. The fraction of sp³-hybridized carbons (Fsp3) is 0.500. The predicted octanol–water partition coefficient (Wildman–Crippen LogP) is 3.09. The molecule has 0 saturated heterocycles. The van der Waals surface area contributed by atoms with Gasteiger partial charge in [-0.3, -0.25) is 4.79 Å². The van der Waals surface area contributed by atoms with Crippen molar-refractivity contribution in [2.45, 2.75) is 25.7 Å². The van der Waals surface area contributed by atoms with Crippen LogP contribution in [-0.4, -0.2) is 19.6 Å². The first-order valence-electron chi connectivity index (χ1n) is 7.14. The molecule has 0 amide bonds. The summed E-state index contributed by atoms with van der Waals surface area (Å²) in [7, 11) is 1.42. The van der Waals surface area contributed by atoms with Gasteiger partial charge < -0.3 is 10.1 Å². The molecule has 0 aliphatic heterocycles. The molecule has 1 aliphatic carbocycles. The molecule has 1 aliphatic rings. The average molecular weight is 290 g/mol. The van der Waals surface area contributed by atoms with Crippen molar-refractivity contribution >= 4 is 11.7 Å². The summed E-state index contributed by atoms with van der Waals surface area (Å²) in [5.41, 5.74) is 0.938. The Kier molecular flexibility index (Phi) is 5.15. The molecule has 0 radical (unpaired) electrons. The molecule has 21 heavy (non-hydrogen) atoms. The van der Waals surface area contributed by atoms with Gasteiger partial charge in [-0.2, -0.15) is 5.26 Å². The molecular formula is C16H19FN2O2. The van der Waals surface area contributed by atoms with E-state index in [9.17, 15) is 9.18 Å². The lowest BCUT2D eigenvalue weighted by atomic mass is 9.82. The summed E-state index contributed by atoms with van der Waals surface area (Å²) >= 11 is 0. The van der Waals surface area contributed by atoms with E-state index in [1.807, 2.05) is 6.07 Å². The molecule has 0 spiro atoms. The van der Waals surface area contributed by atoms with Gasteiger partial charge in [-0.25, -0.2) is 4.39 Å². The second-order valence-electron chi connectivity index (χ2n) is 5.46. The number of carbonyl (C=O) groups is 1. The third-order valence-electron chi connectivity index (χ3n) is 4.00. The Hall–Kier alpha value is -2.09. The maximum absolute atomic E-state index is 13.3. The summed E-state index contributed by atoms with van der Waals surface area (Å²) in [6.07, 6.45) is 3.58. The molecule has 1 saturated carbocycles. The summed E-state index contributed by atoms with van der Waals surface area (Å²) in [6.45, 7) is 0.724. The third kappa shape index (κ3) is 4.19. The number of nitrogens with one attached hydrogen (secondary N) is 1. The molecular weight excluding hydrogens is 271 g/mol. The number of benzene rings is 1. The zero-order valence-corrected chi connectivity index (χ0v) is 12.1. The maximum atomic E-state index is 13.3. The number of carbonyl (C=O) groups excluding carboxylic acids is 1. The minimum atomic E-state index is -0.411. The van der Waals surface area contributed by atoms with Gasteiger partial charge in [-0.15, -0.1) is 0 Å². The number of halogens is 1. The Morgan fingerprint density at radius 3 is 2.71 bits per heavy atom. The van der Waals surface area contributed by atoms with Crippen LogP contribution >= 0.6 is 0 Å². The van der Waals surface area contributed by atoms with Gasteiger partial charge in [0.1, 0.15) is 5.82 Å². The van der Waals surface area contributed by atoms with Crippen molar-refractivity contribution in [2.75, 3.05) is 19.0 Å². The van der Waals surface area contributed by atoms with E-state index in [0.29, 0.717) is 17.2 Å². The smallest absolute Gasteiger partial charge is 0.308 e. The number of esters is 1. The van der Waals surface area contributed by atoms with Gasteiger partial charge >= 0.3 is 5.97 Å². The molecule has 112 valence electrons. The van der Waals surface area contributed by atoms with Crippen LogP contribution in [0.25, 0.3) is 0 Å². The van der Waals surface area contributed by atoms with Crippen molar-refractivity contribution in [3.63, 3.8) is 0 Å². The van der Waals surface area contributed by atoms with Gasteiger partial charge in [-0.05, 0) is 49.8 Å². The number of hydrogen-bond acceptors (Lipinski definition) is 4. The van der Waals surface area contributed by atoms with Crippen molar-refractivity contribution in [3.05, 3.63) is 29.6 Å². The summed E-state index contributed by atoms with van der Waals surface area (Å²) in [5, 5.41) is 12.0. The second-order valence-corrected chi connectivity index (χ2v) is 5.46. The first-order chi connectivity index (χ1) is 10.1. The number of nitrogens with zero attached hydrogens (tertiary/aromatic N) is 1. The van der Waals surface area contributed by atoms with Gasteiger partial charge in [0, 0.05) is 12.2 Å². The Labute approximate surface area is 123 Å². The van der Waals surface area contributed by atoms with E-state index in [0.717, 1.165) is 32.2 Å². The minimum Gasteiger partial charge on any atom is -0.469 e. The van der Waals surface area contributed by atoms with Crippen molar-refractivity contribution in [3.8, 4) is 6.07 Å². The summed E-state index contributed by atoms with van der Waals surface area (Å²) in [6, 6.07) is 6.19. The van der Waals surface area contributed by atoms with E-state index < -0.39 is 5.82 Å². The molecule has 4 nitrogen and oxygen atoms in total. The van der Waals surface area contributed by atoms with E-state index in [1.165, 1.54) is 19.2 Å². The van der Waals surface area contributed by atoms with Gasteiger partial charge in [-0.1, -0.05) is 0 Å². The highest BCUT2D eigenvalue weighted by molar-refractivity contribution is 5.72. The maximum Gasteiger partial charge on any atom is 0.308 e. The van der Waals surface area contributed by atoms with Crippen LogP contribution in [-0.2, 0) is 9.53 Å². The molecule has 0 unspecified atom stereocenters. The quantitative estimate of drug-likeness (QED) is 0.866. The Balaban J connectivity index is 1.84. The van der Waals surface area contributed by atoms with Crippen LogP contribution in [0.4, 0.5) is 10.1 Å². The van der Waals surface area contributed by atoms with E-state index in [2.05, 4.69) is 5.32 Å². The van der Waals surface area contributed by atoms with Crippen molar-refractivity contribution in [1.82, 2.24) is 0 Å².